The van der Waals surface area contributed by atoms with E-state index in [0.717, 1.165) is 69.9 Å². The van der Waals surface area contributed by atoms with Crippen LogP contribution in [0.1, 0.15) is 113 Å². The topological polar surface area (TPSA) is 143 Å². The molecule has 5 unspecified atom stereocenters. The van der Waals surface area contributed by atoms with Crippen LogP contribution in [0.4, 0.5) is 0 Å². The minimum atomic E-state index is -1.50. The molecule has 6 rings (SSSR count). The molecular weight excluding hydrogens is 558 g/mol. The smallest absolute Gasteiger partial charge is 0.113 e. The average molecular weight is 618 g/mol. The van der Waals surface area contributed by atoms with Crippen LogP contribution in [0, 0.1) is 50.2 Å². The summed E-state index contributed by atoms with van der Waals surface area (Å²) in [6, 6.07) is 0. The molecule has 0 spiro atoms. The molecule has 1 aliphatic heterocycles. The van der Waals surface area contributed by atoms with Crippen molar-refractivity contribution in [3.05, 3.63) is 11.6 Å². The van der Waals surface area contributed by atoms with Crippen LogP contribution in [0.15, 0.2) is 16.8 Å². The molecule has 1 heterocycles. The van der Waals surface area contributed by atoms with E-state index in [9.17, 15) is 30.7 Å². The fourth-order valence-electron chi connectivity index (χ4n) is 12.5. The molecule has 0 radical (unpaired) electrons. The molecule has 0 bridgehead atoms. The number of rotatable bonds is 3. The second kappa shape index (κ2) is 10.5. The van der Waals surface area contributed by atoms with Crippen molar-refractivity contribution in [2.24, 2.45) is 55.4 Å². The van der Waals surface area contributed by atoms with Crippen LogP contribution in [0.5, 0.6) is 0 Å². The number of allylic oxidation sites excluding steroid dienone is 2. The van der Waals surface area contributed by atoms with E-state index in [1.54, 1.807) is 0 Å². The van der Waals surface area contributed by atoms with Crippen LogP contribution in [-0.4, -0.2) is 79.7 Å². The number of hydrogen-bond donors (Lipinski definition) is 6. The Labute approximate surface area is 264 Å². The summed E-state index contributed by atoms with van der Waals surface area (Å²) in [5.41, 5.74) is 1.99. The summed E-state index contributed by atoms with van der Waals surface area (Å²) in [6.45, 7) is 16.3. The Hall–Kier alpha value is -1.03. The highest BCUT2D eigenvalue weighted by molar-refractivity contribution is 5.90. The summed E-state index contributed by atoms with van der Waals surface area (Å²) in [5.74, 6) is 1.06. The number of aliphatic hydroxyl groups is 5. The van der Waals surface area contributed by atoms with Crippen molar-refractivity contribution in [2.75, 3.05) is 6.61 Å². The van der Waals surface area contributed by atoms with Gasteiger partial charge in [-0.1, -0.05) is 65.3 Å². The first-order chi connectivity index (χ1) is 20.4. The molecular formula is C36H59NO7. The third-order valence-electron chi connectivity index (χ3n) is 15.4. The molecule has 250 valence electrons. The highest BCUT2D eigenvalue weighted by atomic mass is 16.6. The largest absolute Gasteiger partial charge is 0.411 e. The monoisotopic (exact) mass is 617 g/mol. The van der Waals surface area contributed by atoms with Gasteiger partial charge in [-0.2, -0.15) is 0 Å². The summed E-state index contributed by atoms with van der Waals surface area (Å²) in [4.78, 5) is 0. The van der Waals surface area contributed by atoms with Crippen LogP contribution in [0.2, 0.25) is 0 Å². The Morgan fingerprint density at radius 2 is 1.57 bits per heavy atom. The van der Waals surface area contributed by atoms with E-state index < -0.39 is 48.6 Å². The lowest BCUT2D eigenvalue weighted by Crippen LogP contribution is -2.68. The van der Waals surface area contributed by atoms with Crippen molar-refractivity contribution in [3.63, 3.8) is 0 Å². The standard InChI is InChI=1S/C36H59NO7/c1-31(2)14-16-36(30(42)29-28(41)27(40)26(39)22(19-38)44-29)17-15-34(6)20(21(36)18-31)8-9-24-33(5)12-11-25(37-43)32(3,4)23(33)10-13-35(24,34)7/h8,21-24,26-30,38-43H,9-19H2,1-7H3/b37-25+/t21?,22?,23?,24?,26-,27+,28?,29+,30-,33+,34-,35-,36+/m1/s1. The summed E-state index contributed by atoms with van der Waals surface area (Å²) >= 11 is 0. The van der Waals surface area contributed by atoms with E-state index in [1.807, 2.05) is 0 Å². The summed E-state index contributed by atoms with van der Waals surface area (Å²) < 4.78 is 6.01. The zero-order chi connectivity index (χ0) is 32.3. The average Bonchev–Trinajstić information content (AvgIpc) is 2.95. The second-order valence-corrected chi connectivity index (χ2v) is 18.0. The van der Waals surface area contributed by atoms with Crippen LogP contribution in [0.3, 0.4) is 0 Å². The van der Waals surface area contributed by atoms with Gasteiger partial charge in [-0.3, -0.25) is 0 Å². The Bertz CT molecular complexity index is 1200. The number of aliphatic hydroxyl groups excluding tert-OH is 5. The van der Waals surface area contributed by atoms with Crippen molar-refractivity contribution in [3.8, 4) is 0 Å². The Morgan fingerprint density at radius 3 is 2.23 bits per heavy atom. The lowest BCUT2D eigenvalue weighted by Gasteiger charge is -2.71. The predicted octanol–water partition coefficient (Wildman–Crippen LogP) is 4.82. The van der Waals surface area contributed by atoms with Gasteiger partial charge in [-0.25, -0.2) is 0 Å². The molecule has 5 aliphatic carbocycles. The molecule has 5 fully saturated rings. The quantitative estimate of drug-likeness (QED) is 0.151. The van der Waals surface area contributed by atoms with Crippen LogP contribution >= 0.6 is 0 Å². The maximum Gasteiger partial charge on any atom is 0.113 e. The van der Waals surface area contributed by atoms with E-state index >= 15 is 0 Å². The summed E-state index contributed by atoms with van der Waals surface area (Å²) in [5, 5.41) is 68.0. The molecule has 8 heteroatoms. The molecule has 0 amide bonds. The molecule has 0 aromatic rings. The van der Waals surface area contributed by atoms with Gasteiger partial charge in [0.25, 0.3) is 0 Å². The lowest BCUT2D eigenvalue weighted by atomic mass is 9.33. The number of ether oxygens (including phenoxy) is 1. The third kappa shape index (κ3) is 4.26. The van der Waals surface area contributed by atoms with Gasteiger partial charge in [-0.15, -0.1) is 0 Å². The molecule has 1 saturated heterocycles. The summed E-state index contributed by atoms with van der Waals surface area (Å²) in [6.07, 6.45) is 4.51. The van der Waals surface area contributed by atoms with Gasteiger partial charge in [-0.05, 0) is 104 Å². The van der Waals surface area contributed by atoms with Crippen LogP contribution in [0.25, 0.3) is 0 Å². The van der Waals surface area contributed by atoms with E-state index in [-0.39, 0.29) is 33.0 Å². The first-order valence-electron chi connectivity index (χ1n) is 17.3. The SMILES string of the molecule is CC1(C)CC[C@]2([C@H](O)[C@H]3OC(CO)[C@@H](O)[C@H](O)C3O)CC[C@]3(C)C(=CCC4[C@@]5(C)CC/C(=N\O)C(C)(C)C5CC[C@]43C)C2C1. The number of nitrogens with zero attached hydrogens (tertiary/aromatic N) is 1. The minimum absolute atomic E-state index is 0.0456. The highest BCUT2D eigenvalue weighted by Gasteiger charge is 2.69. The van der Waals surface area contributed by atoms with Gasteiger partial charge in [0.05, 0.1) is 18.4 Å². The first kappa shape index (κ1) is 32.9. The van der Waals surface area contributed by atoms with E-state index in [0.29, 0.717) is 11.8 Å². The third-order valence-corrected chi connectivity index (χ3v) is 15.4. The zero-order valence-electron chi connectivity index (χ0n) is 28.1. The minimum Gasteiger partial charge on any atom is -0.411 e. The number of oxime groups is 1. The normalized spacial score (nSPS) is 53.0. The Morgan fingerprint density at radius 1 is 0.886 bits per heavy atom. The van der Waals surface area contributed by atoms with E-state index in [4.69, 9.17) is 4.74 Å². The lowest BCUT2D eigenvalue weighted by molar-refractivity contribution is -0.272. The maximum atomic E-state index is 12.3. The molecule has 0 aromatic heterocycles. The molecule has 6 aliphatic rings. The number of fused-ring (bicyclic) bond motifs is 7. The first-order valence-corrected chi connectivity index (χ1v) is 17.3. The molecule has 44 heavy (non-hydrogen) atoms. The van der Waals surface area contributed by atoms with Gasteiger partial charge in [0.1, 0.15) is 30.5 Å². The van der Waals surface area contributed by atoms with E-state index in [1.165, 1.54) is 5.57 Å². The highest BCUT2D eigenvalue weighted by Crippen LogP contribution is 2.76. The van der Waals surface area contributed by atoms with Gasteiger partial charge in [0, 0.05) is 10.8 Å². The molecule has 6 N–H and O–H groups in total. The molecule has 13 atom stereocenters. The Balaban J connectivity index is 1.40. The van der Waals surface area contributed by atoms with Crippen molar-refractivity contribution >= 4 is 5.71 Å². The fraction of sp³-hybridized carbons (Fsp3) is 0.917. The maximum absolute atomic E-state index is 12.3. The van der Waals surface area contributed by atoms with Crippen LogP contribution in [-0.2, 0) is 4.74 Å². The summed E-state index contributed by atoms with van der Waals surface area (Å²) in [7, 11) is 0. The van der Waals surface area contributed by atoms with Gasteiger partial charge >= 0.3 is 0 Å². The molecule has 4 saturated carbocycles. The zero-order valence-corrected chi connectivity index (χ0v) is 28.1. The Kier molecular flexibility index (Phi) is 7.84. The fourth-order valence-corrected chi connectivity index (χ4v) is 12.5. The second-order valence-electron chi connectivity index (χ2n) is 18.0. The van der Waals surface area contributed by atoms with Crippen molar-refractivity contribution < 1.29 is 35.5 Å². The van der Waals surface area contributed by atoms with Crippen molar-refractivity contribution in [1.29, 1.82) is 0 Å². The molecule has 8 nitrogen and oxygen atoms in total. The van der Waals surface area contributed by atoms with Gasteiger partial charge in [0.2, 0.25) is 0 Å². The van der Waals surface area contributed by atoms with Gasteiger partial charge in [0.15, 0.2) is 0 Å². The van der Waals surface area contributed by atoms with Crippen LogP contribution < -0.4 is 0 Å². The van der Waals surface area contributed by atoms with E-state index in [2.05, 4.69) is 59.7 Å². The van der Waals surface area contributed by atoms with Gasteiger partial charge < -0.3 is 35.5 Å². The van der Waals surface area contributed by atoms with Crippen molar-refractivity contribution in [1.82, 2.24) is 0 Å². The number of hydrogen-bond acceptors (Lipinski definition) is 8. The predicted molar refractivity (Wildman–Crippen MR) is 168 cm³/mol. The molecule has 0 aromatic carbocycles. The van der Waals surface area contributed by atoms with Crippen molar-refractivity contribution in [2.45, 2.75) is 149 Å².